The maximum absolute atomic E-state index is 12.5. The lowest BCUT2D eigenvalue weighted by Gasteiger charge is -2.19. The number of carbonyl (C=O) groups is 2. The van der Waals surface area contributed by atoms with Crippen molar-refractivity contribution in [1.82, 2.24) is 14.8 Å². The SMILES string of the molecule is CC(CCC(=O)C(C)C(=O)OCC(C)(C)O)OC/C(COC(C)C(C)C)=N/OCc1ccc(-n2cccn2)nc1. The maximum Gasteiger partial charge on any atom is 0.316 e. The number of ether oxygens (including phenoxy) is 3. The molecule has 11 nitrogen and oxygen atoms in total. The Morgan fingerprint density at radius 1 is 1.10 bits per heavy atom. The Kier molecular flexibility index (Phi) is 13.4. The zero-order valence-corrected chi connectivity index (χ0v) is 24.7. The molecular weight excluding hydrogens is 516 g/mol. The number of pyridine rings is 1. The number of ketones is 1. The van der Waals surface area contributed by atoms with Gasteiger partial charge in [-0.1, -0.05) is 25.1 Å². The van der Waals surface area contributed by atoms with Gasteiger partial charge in [0.25, 0.3) is 0 Å². The molecule has 2 rings (SSSR count). The summed E-state index contributed by atoms with van der Waals surface area (Å²) in [4.78, 5) is 34.5. The van der Waals surface area contributed by atoms with Crippen molar-refractivity contribution < 1.29 is 33.7 Å². The second-order valence-corrected chi connectivity index (χ2v) is 10.9. The van der Waals surface area contributed by atoms with Crippen molar-refractivity contribution in [2.75, 3.05) is 19.8 Å². The van der Waals surface area contributed by atoms with Crippen LogP contribution in [0.25, 0.3) is 5.82 Å². The van der Waals surface area contributed by atoms with Crippen LogP contribution in [0.5, 0.6) is 0 Å². The number of hydrogen-bond acceptors (Lipinski definition) is 10. The zero-order chi connectivity index (χ0) is 29.7. The van der Waals surface area contributed by atoms with E-state index < -0.39 is 17.5 Å². The Labute approximate surface area is 236 Å². The summed E-state index contributed by atoms with van der Waals surface area (Å²) in [7, 11) is 0. The molecule has 0 amide bonds. The molecule has 11 heteroatoms. The lowest BCUT2D eigenvalue weighted by Crippen LogP contribution is -2.32. The van der Waals surface area contributed by atoms with E-state index in [1.165, 1.54) is 20.8 Å². The third-order valence-electron chi connectivity index (χ3n) is 6.16. The van der Waals surface area contributed by atoms with Gasteiger partial charge in [-0.05, 0) is 59.1 Å². The number of oxime groups is 1. The fraction of sp³-hybridized carbons (Fsp3) is 0.621. The largest absolute Gasteiger partial charge is 0.462 e. The van der Waals surface area contributed by atoms with Crippen LogP contribution in [-0.2, 0) is 35.2 Å². The van der Waals surface area contributed by atoms with Crippen LogP contribution in [0.2, 0.25) is 0 Å². The number of aliphatic hydroxyl groups is 1. The van der Waals surface area contributed by atoms with E-state index in [0.717, 1.165) is 5.56 Å². The van der Waals surface area contributed by atoms with E-state index in [0.29, 0.717) is 23.9 Å². The number of rotatable bonds is 18. The Morgan fingerprint density at radius 2 is 1.82 bits per heavy atom. The molecule has 0 aliphatic rings. The topological polar surface area (TPSA) is 134 Å². The van der Waals surface area contributed by atoms with E-state index >= 15 is 0 Å². The normalized spacial score (nSPS) is 14.6. The van der Waals surface area contributed by atoms with E-state index in [9.17, 15) is 14.7 Å². The second-order valence-electron chi connectivity index (χ2n) is 10.9. The van der Waals surface area contributed by atoms with Crippen molar-refractivity contribution in [1.29, 1.82) is 0 Å². The summed E-state index contributed by atoms with van der Waals surface area (Å²) in [6.45, 7) is 13.0. The van der Waals surface area contributed by atoms with Gasteiger partial charge in [-0.25, -0.2) is 9.67 Å². The molecule has 0 spiro atoms. The number of nitrogens with zero attached hydrogens (tertiary/aromatic N) is 4. The third-order valence-corrected chi connectivity index (χ3v) is 6.16. The van der Waals surface area contributed by atoms with Gasteiger partial charge < -0.3 is 24.2 Å². The van der Waals surface area contributed by atoms with Gasteiger partial charge in [0.15, 0.2) is 5.82 Å². The summed E-state index contributed by atoms with van der Waals surface area (Å²) in [6, 6.07) is 5.58. The summed E-state index contributed by atoms with van der Waals surface area (Å²) in [6.07, 6.45) is 5.56. The van der Waals surface area contributed by atoms with Crippen LogP contribution in [-0.4, -0.2) is 75.0 Å². The Bertz CT molecular complexity index is 1060. The summed E-state index contributed by atoms with van der Waals surface area (Å²) >= 11 is 0. The second kappa shape index (κ2) is 16.2. The van der Waals surface area contributed by atoms with Gasteiger partial charge in [0.2, 0.25) is 0 Å². The molecule has 2 aromatic rings. The fourth-order valence-corrected chi connectivity index (χ4v) is 3.14. The van der Waals surface area contributed by atoms with Crippen LogP contribution in [0.1, 0.15) is 66.9 Å². The quantitative estimate of drug-likeness (QED) is 0.125. The van der Waals surface area contributed by atoms with Gasteiger partial charge in [0.1, 0.15) is 30.6 Å². The van der Waals surface area contributed by atoms with Gasteiger partial charge in [0, 0.05) is 30.6 Å². The minimum Gasteiger partial charge on any atom is -0.462 e. The highest BCUT2D eigenvalue weighted by Gasteiger charge is 2.25. The summed E-state index contributed by atoms with van der Waals surface area (Å²) in [5.41, 5.74) is 0.275. The molecule has 0 radical (unpaired) electrons. The molecule has 0 bridgehead atoms. The minimum absolute atomic E-state index is 0.0249. The summed E-state index contributed by atoms with van der Waals surface area (Å²) in [5, 5.41) is 18.1. The average Bonchev–Trinajstić information content (AvgIpc) is 3.45. The van der Waals surface area contributed by atoms with Crippen LogP contribution in [0.15, 0.2) is 41.9 Å². The highest BCUT2D eigenvalue weighted by Crippen LogP contribution is 2.12. The lowest BCUT2D eigenvalue weighted by molar-refractivity contribution is -0.156. The molecule has 222 valence electrons. The number of Topliss-reactive ketones (excluding diaryl/α,β-unsaturated/α-hetero) is 1. The minimum atomic E-state index is -1.15. The van der Waals surface area contributed by atoms with E-state index in [4.69, 9.17) is 19.0 Å². The molecule has 0 saturated heterocycles. The van der Waals surface area contributed by atoms with Gasteiger partial charge >= 0.3 is 5.97 Å². The standard InChI is InChI=1S/C29H44N4O7/c1-20(2)23(5)38-18-25(32-40-16-24-10-12-27(30-15-24)33-14-8-13-31-33)17-37-21(3)9-11-26(34)22(4)28(35)39-19-29(6,7)36/h8,10,12-15,20-23,36H,9,11,16-19H2,1-7H3/b32-25-. The molecule has 0 saturated carbocycles. The van der Waals surface area contributed by atoms with E-state index in [1.54, 1.807) is 17.1 Å². The Hall–Kier alpha value is -3.15. The maximum atomic E-state index is 12.5. The summed E-state index contributed by atoms with van der Waals surface area (Å²) in [5.74, 6) is -0.751. The van der Waals surface area contributed by atoms with E-state index in [-0.39, 0.29) is 50.8 Å². The monoisotopic (exact) mass is 560 g/mol. The summed E-state index contributed by atoms with van der Waals surface area (Å²) < 4.78 is 18.6. The molecule has 3 unspecified atom stereocenters. The van der Waals surface area contributed by atoms with Gasteiger partial charge in [0.05, 0.1) is 31.0 Å². The molecular formula is C29H44N4O7. The first-order valence-electron chi connectivity index (χ1n) is 13.6. The molecule has 0 fully saturated rings. The smallest absolute Gasteiger partial charge is 0.316 e. The predicted molar refractivity (Wildman–Crippen MR) is 150 cm³/mol. The van der Waals surface area contributed by atoms with E-state index in [2.05, 4.69) is 29.1 Å². The fourth-order valence-electron chi connectivity index (χ4n) is 3.14. The lowest BCUT2D eigenvalue weighted by atomic mass is 10.0. The van der Waals surface area contributed by atoms with Crippen molar-refractivity contribution in [2.24, 2.45) is 17.0 Å². The van der Waals surface area contributed by atoms with Crippen molar-refractivity contribution in [3.63, 3.8) is 0 Å². The molecule has 0 aromatic carbocycles. The Morgan fingerprint density at radius 3 is 2.42 bits per heavy atom. The molecule has 0 aliphatic carbocycles. The predicted octanol–water partition coefficient (Wildman–Crippen LogP) is 3.91. The van der Waals surface area contributed by atoms with Crippen molar-refractivity contribution in [3.05, 3.63) is 42.4 Å². The van der Waals surface area contributed by atoms with Gasteiger partial charge in [-0.15, -0.1) is 0 Å². The first kappa shape index (κ1) is 33.1. The molecule has 40 heavy (non-hydrogen) atoms. The van der Waals surface area contributed by atoms with Crippen molar-refractivity contribution in [2.45, 2.75) is 85.7 Å². The number of esters is 1. The highest BCUT2D eigenvalue weighted by molar-refractivity contribution is 5.98. The molecule has 2 aromatic heterocycles. The van der Waals surface area contributed by atoms with Crippen LogP contribution >= 0.6 is 0 Å². The van der Waals surface area contributed by atoms with Crippen LogP contribution in [0.4, 0.5) is 0 Å². The highest BCUT2D eigenvalue weighted by atomic mass is 16.6. The number of carbonyl (C=O) groups excluding carboxylic acids is 2. The van der Waals surface area contributed by atoms with Crippen LogP contribution < -0.4 is 0 Å². The average molecular weight is 561 g/mol. The number of hydrogen-bond donors (Lipinski definition) is 1. The molecule has 2 heterocycles. The third kappa shape index (κ3) is 12.4. The van der Waals surface area contributed by atoms with Crippen molar-refractivity contribution in [3.8, 4) is 5.82 Å². The van der Waals surface area contributed by atoms with Gasteiger partial charge in [-0.2, -0.15) is 5.10 Å². The Balaban J connectivity index is 1.86. The van der Waals surface area contributed by atoms with Crippen LogP contribution in [0.3, 0.4) is 0 Å². The number of aromatic nitrogens is 3. The zero-order valence-electron chi connectivity index (χ0n) is 24.7. The van der Waals surface area contributed by atoms with Crippen LogP contribution in [0, 0.1) is 11.8 Å². The molecule has 3 atom stereocenters. The van der Waals surface area contributed by atoms with E-state index in [1.807, 2.05) is 38.2 Å². The van der Waals surface area contributed by atoms with Crippen molar-refractivity contribution >= 4 is 17.5 Å². The molecule has 0 aliphatic heterocycles. The first-order chi connectivity index (χ1) is 18.9. The first-order valence-corrected chi connectivity index (χ1v) is 13.6. The molecule has 1 N–H and O–H groups in total. The van der Waals surface area contributed by atoms with Gasteiger partial charge in [-0.3, -0.25) is 9.59 Å².